The summed E-state index contributed by atoms with van der Waals surface area (Å²) in [5.74, 6) is -1.58. The van der Waals surface area contributed by atoms with Crippen molar-refractivity contribution in [1.82, 2.24) is 5.06 Å². The molecule has 0 fully saturated rings. The molecule has 1 aromatic rings. The van der Waals surface area contributed by atoms with Gasteiger partial charge in [0.15, 0.2) is 0 Å². The lowest BCUT2D eigenvalue weighted by Gasteiger charge is -2.33. The van der Waals surface area contributed by atoms with Crippen molar-refractivity contribution >= 4 is 35.7 Å². The number of carboxylic acid groups (broad SMARTS) is 1. The molecule has 0 saturated heterocycles. The Morgan fingerprint density at radius 1 is 1.45 bits per heavy atom. The molecule has 1 unspecified atom stereocenters. The lowest BCUT2D eigenvalue weighted by molar-refractivity contribution is -0.150. The van der Waals surface area contributed by atoms with Crippen LogP contribution in [0.4, 0.5) is 5.69 Å². The minimum Gasteiger partial charge on any atom is -0.480 e. The van der Waals surface area contributed by atoms with E-state index >= 15 is 0 Å². The minimum absolute atomic E-state index is 0.197. The summed E-state index contributed by atoms with van der Waals surface area (Å²) in [5.41, 5.74) is 0.525. The number of aliphatic carboxylic acids is 1. The fraction of sp³-hybridized carbons (Fsp3) is 0.250. The molecule has 2 rings (SSSR count). The Hall–Kier alpha value is -2.06. The van der Waals surface area contributed by atoms with E-state index in [0.29, 0.717) is 10.8 Å². The Kier molecular flexibility index (Phi) is 4.26. The molecule has 2 amide bonds. The smallest absolute Gasteiger partial charge is 0.323 e. The van der Waals surface area contributed by atoms with Crippen LogP contribution in [-0.4, -0.2) is 52.0 Å². The molecular weight excluding hydrogens is 284 g/mol. The van der Waals surface area contributed by atoms with E-state index in [1.165, 1.54) is 11.8 Å². The van der Waals surface area contributed by atoms with Crippen LogP contribution in [-0.2, 0) is 14.4 Å². The van der Waals surface area contributed by atoms with Gasteiger partial charge in [-0.15, -0.1) is 11.8 Å². The van der Waals surface area contributed by atoms with Gasteiger partial charge in [0, 0.05) is 4.90 Å². The number of thioether (sulfide) groups is 1. The summed E-state index contributed by atoms with van der Waals surface area (Å²) in [6, 6.07) is 6.91. The van der Waals surface area contributed by atoms with Crippen molar-refractivity contribution in [2.45, 2.75) is 10.1 Å². The Morgan fingerprint density at radius 2 is 2.15 bits per heavy atom. The average molecular weight is 296 g/mol. The maximum absolute atomic E-state index is 12.3. The van der Waals surface area contributed by atoms with Gasteiger partial charge in [-0.05, 0) is 12.1 Å². The minimum atomic E-state index is -1.13. The normalized spacial score (nSPS) is 17.6. The van der Waals surface area contributed by atoms with E-state index in [4.69, 9.17) is 5.11 Å². The maximum Gasteiger partial charge on any atom is 0.323 e. The van der Waals surface area contributed by atoms with Crippen molar-refractivity contribution in [2.24, 2.45) is 0 Å². The molecule has 0 radical (unpaired) electrons. The van der Waals surface area contributed by atoms with E-state index in [0.717, 1.165) is 9.80 Å². The quantitative estimate of drug-likeness (QED) is 0.464. The van der Waals surface area contributed by atoms with E-state index < -0.39 is 23.7 Å². The molecule has 1 aromatic carbocycles. The molecule has 7 nitrogen and oxygen atoms in total. The fourth-order valence-electron chi connectivity index (χ4n) is 1.90. The second-order valence-electron chi connectivity index (χ2n) is 4.12. The van der Waals surface area contributed by atoms with E-state index in [2.05, 4.69) is 0 Å². The van der Waals surface area contributed by atoms with Crippen molar-refractivity contribution in [1.29, 1.82) is 0 Å². The van der Waals surface area contributed by atoms with Crippen LogP contribution in [0.2, 0.25) is 0 Å². The molecule has 1 atom stereocenters. The molecule has 0 aromatic heterocycles. The molecule has 106 valence electrons. The number of hydroxylamine groups is 2. The number of hydrogen-bond acceptors (Lipinski definition) is 5. The van der Waals surface area contributed by atoms with Crippen LogP contribution < -0.4 is 4.90 Å². The highest BCUT2D eigenvalue weighted by atomic mass is 32.2. The van der Waals surface area contributed by atoms with Crippen LogP contribution >= 0.6 is 11.8 Å². The van der Waals surface area contributed by atoms with Crippen LogP contribution in [0.3, 0.4) is 0 Å². The summed E-state index contributed by atoms with van der Waals surface area (Å²) < 4.78 is 0. The number of carbonyl (C=O) groups is 3. The molecule has 2 N–H and O–H groups in total. The van der Waals surface area contributed by atoms with Crippen molar-refractivity contribution in [2.75, 3.05) is 18.0 Å². The van der Waals surface area contributed by atoms with Gasteiger partial charge in [0.1, 0.15) is 11.8 Å². The maximum atomic E-state index is 12.3. The number of nitrogens with zero attached hydrogens (tertiary/aromatic N) is 2. The second-order valence-corrected chi connectivity index (χ2v) is 5.36. The zero-order valence-electron chi connectivity index (χ0n) is 10.3. The molecule has 0 aliphatic carbocycles. The summed E-state index contributed by atoms with van der Waals surface area (Å²) >= 11 is 1.19. The van der Waals surface area contributed by atoms with Crippen molar-refractivity contribution < 1.29 is 24.7 Å². The first kappa shape index (κ1) is 14.4. The topological polar surface area (TPSA) is 98.2 Å². The van der Waals surface area contributed by atoms with Gasteiger partial charge in [-0.2, -0.15) is 0 Å². The molecule has 0 bridgehead atoms. The van der Waals surface area contributed by atoms with Gasteiger partial charge in [0.2, 0.25) is 12.3 Å². The van der Waals surface area contributed by atoms with Crippen molar-refractivity contribution in [3.8, 4) is 0 Å². The van der Waals surface area contributed by atoms with E-state index in [1.807, 2.05) is 0 Å². The van der Waals surface area contributed by atoms with Gasteiger partial charge in [-0.25, -0.2) is 5.06 Å². The Balaban J connectivity index is 2.32. The highest BCUT2D eigenvalue weighted by Crippen LogP contribution is 2.38. The van der Waals surface area contributed by atoms with E-state index in [1.54, 1.807) is 24.3 Å². The number of amides is 2. The van der Waals surface area contributed by atoms with Gasteiger partial charge < -0.3 is 5.11 Å². The van der Waals surface area contributed by atoms with Crippen LogP contribution in [0.15, 0.2) is 29.2 Å². The molecule has 20 heavy (non-hydrogen) atoms. The molecule has 1 heterocycles. The molecule has 0 saturated carbocycles. The lowest BCUT2D eigenvalue weighted by atomic mass is 10.2. The third-order valence-electron chi connectivity index (χ3n) is 2.73. The lowest BCUT2D eigenvalue weighted by Crippen LogP contribution is -2.47. The SMILES string of the molecule is O=CN(O)CC1Sc2ccccc2N(CC(=O)O)C1=O. The zero-order valence-corrected chi connectivity index (χ0v) is 11.1. The zero-order chi connectivity index (χ0) is 14.7. The highest BCUT2D eigenvalue weighted by molar-refractivity contribution is 8.01. The fourth-order valence-corrected chi connectivity index (χ4v) is 3.12. The first-order valence-corrected chi connectivity index (χ1v) is 6.60. The molecular formula is C12H12N2O5S. The van der Waals surface area contributed by atoms with Crippen molar-refractivity contribution in [3.05, 3.63) is 24.3 Å². The summed E-state index contributed by atoms with van der Waals surface area (Å²) in [6.45, 7) is -0.656. The van der Waals surface area contributed by atoms with Gasteiger partial charge in [0.05, 0.1) is 12.2 Å². The van der Waals surface area contributed by atoms with Gasteiger partial charge in [-0.3, -0.25) is 24.5 Å². The van der Waals surface area contributed by atoms with Crippen molar-refractivity contribution in [3.63, 3.8) is 0 Å². The third kappa shape index (κ3) is 2.91. The van der Waals surface area contributed by atoms with Crippen LogP contribution in [0.5, 0.6) is 0 Å². The molecule has 0 spiro atoms. The summed E-state index contributed by atoms with van der Waals surface area (Å²) in [5, 5.41) is 17.8. The van der Waals surface area contributed by atoms with Crippen LogP contribution in [0.1, 0.15) is 0 Å². The predicted octanol–water partition coefficient (Wildman–Crippen LogP) is 0.426. The monoisotopic (exact) mass is 296 g/mol. The number of fused-ring (bicyclic) bond motifs is 1. The first-order chi connectivity index (χ1) is 9.52. The standard InChI is InChI=1S/C12H12N2O5S/c15-7-13(19)5-10-12(18)14(6-11(16)17)8-3-1-2-4-9(8)20-10/h1-4,7,10,19H,5-6H2,(H,16,17). The number of carbonyl (C=O) groups excluding carboxylic acids is 2. The summed E-state index contributed by atoms with van der Waals surface area (Å²) in [6.07, 6.45) is 0.204. The number of hydrogen-bond donors (Lipinski definition) is 2. The summed E-state index contributed by atoms with van der Waals surface area (Å²) in [4.78, 5) is 35.5. The predicted molar refractivity (Wildman–Crippen MR) is 70.6 cm³/mol. The van der Waals surface area contributed by atoms with E-state index in [-0.39, 0.29) is 13.0 Å². The number of rotatable bonds is 5. The highest BCUT2D eigenvalue weighted by Gasteiger charge is 2.35. The van der Waals surface area contributed by atoms with Gasteiger partial charge in [0.25, 0.3) is 0 Å². The first-order valence-electron chi connectivity index (χ1n) is 5.72. The largest absolute Gasteiger partial charge is 0.480 e. The van der Waals surface area contributed by atoms with E-state index in [9.17, 15) is 19.6 Å². The van der Waals surface area contributed by atoms with Gasteiger partial charge in [-0.1, -0.05) is 12.1 Å². The molecule has 1 aliphatic heterocycles. The Morgan fingerprint density at radius 3 is 2.80 bits per heavy atom. The number of para-hydroxylation sites is 1. The van der Waals surface area contributed by atoms with Crippen LogP contribution in [0, 0.1) is 0 Å². The number of benzene rings is 1. The molecule has 8 heteroatoms. The average Bonchev–Trinajstić information content (AvgIpc) is 2.42. The van der Waals surface area contributed by atoms with Gasteiger partial charge >= 0.3 is 5.97 Å². The second kappa shape index (κ2) is 5.93. The molecule has 1 aliphatic rings. The number of carboxylic acids is 1. The number of anilines is 1. The summed E-state index contributed by atoms with van der Waals surface area (Å²) in [7, 11) is 0. The Bertz CT molecular complexity index is 550. The third-order valence-corrected chi connectivity index (χ3v) is 3.97. The Labute approximate surface area is 118 Å². The van der Waals surface area contributed by atoms with Crippen LogP contribution in [0.25, 0.3) is 0 Å².